The first-order chi connectivity index (χ1) is 9.63. The van der Waals surface area contributed by atoms with Crippen molar-refractivity contribution < 1.29 is 8.78 Å². The first-order valence-corrected chi connectivity index (χ1v) is 6.20. The lowest BCUT2D eigenvalue weighted by molar-refractivity contribution is 0.579. The maximum Gasteiger partial charge on any atom is 0.193 e. The first-order valence-electron chi connectivity index (χ1n) is 6.20. The van der Waals surface area contributed by atoms with Gasteiger partial charge in [0.15, 0.2) is 5.96 Å². The Labute approximate surface area is 139 Å². The predicted octanol–water partition coefficient (Wildman–Crippen LogP) is 3.55. The third-order valence-electron chi connectivity index (χ3n) is 2.65. The molecule has 2 aromatic rings. The molecule has 2 rings (SSSR count). The van der Waals surface area contributed by atoms with Gasteiger partial charge >= 0.3 is 0 Å². The van der Waals surface area contributed by atoms with Gasteiger partial charge in [0.25, 0.3) is 0 Å². The summed E-state index contributed by atoms with van der Waals surface area (Å²) in [6.07, 6.45) is 0.422. The Kier molecular flexibility index (Phi) is 7.07. The van der Waals surface area contributed by atoms with Crippen molar-refractivity contribution in [2.75, 3.05) is 11.9 Å². The zero-order valence-electron chi connectivity index (χ0n) is 11.2. The summed E-state index contributed by atoms with van der Waals surface area (Å²) in [4.78, 5) is 4.11. The molecule has 0 saturated heterocycles. The van der Waals surface area contributed by atoms with Gasteiger partial charge in [-0.2, -0.15) is 0 Å². The monoisotopic (exact) mass is 403 g/mol. The van der Waals surface area contributed by atoms with E-state index in [1.807, 2.05) is 30.3 Å². The van der Waals surface area contributed by atoms with Crippen molar-refractivity contribution in [2.24, 2.45) is 10.7 Å². The normalized spacial score (nSPS) is 10.9. The Bertz CT molecular complexity index is 583. The summed E-state index contributed by atoms with van der Waals surface area (Å²) in [7, 11) is 0. The van der Waals surface area contributed by atoms with Crippen molar-refractivity contribution in [3.05, 3.63) is 65.7 Å². The molecule has 0 unspecified atom stereocenters. The lowest BCUT2D eigenvalue weighted by Crippen LogP contribution is -2.23. The van der Waals surface area contributed by atoms with Gasteiger partial charge in [0, 0.05) is 18.3 Å². The predicted molar refractivity (Wildman–Crippen MR) is 92.0 cm³/mol. The molecule has 2 aromatic carbocycles. The van der Waals surface area contributed by atoms with Crippen LogP contribution in [0.3, 0.4) is 0 Å². The van der Waals surface area contributed by atoms with Crippen LogP contribution in [0.15, 0.2) is 53.5 Å². The zero-order chi connectivity index (χ0) is 14.4. The van der Waals surface area contributed by atoms with Gasteiger partial charge in [-0.3, -0.25) is 4.99 Å². The number of halogens is 3. The number of aliphatic imine (C=N–C) groups is 1. The Balaban J connectivity index is 0.00000220. The molecular weight excluding hydrogens is 387 g/mol. The highest BCUT2D eigenvalue weighted by molar-refractivity contribution is 14.0. The maximum atomic E-state index is 13.0. The first kappa shape index (κ1) is 17.4. The van der Waals surface area contributed by atoms with Crippen molar-refractivity contribution >= 4 is 35.6 Å². The van der Waals surface area contributed by atoms with Crippen molar-refractivity contribution in [1.82, 2.24) is 0 Å². The largest absolute Gasteiger partial charge is 0.370 e. The molecule has 0 saturated carbocycles. The number of anilines is 1. The Morgan fingerprint density at radius 2 is 1.67 bits per heavy atom. The number of para-hydroxylation sites is 1. The van der Waals surface area contributed by atoms with E-state index in [2.05, 4.69) is 10.3 Å². The van der Waals surface area contributed by atoms with E-state index < -0.39 is 11.6 Å². The molecule has 0 bridgehead atoms. The molecule has 0 spiro atoms. The van der Waals surface area contributed by atoms with Crippen LogP contribution in [0.2, 0.25) is 0 Å². The fourth-order valence-corrected chi connectivity index (χ4v) is 1.77. The van der Waals surface area contributed by atoms with E-state index in [9.17, 15) is 8.78 Å². The van der Waals surface area contributed by atoms with Crippen molar-refractivity contribution in [2.45, 2.75) is 6.42 Å². The maximum absolute atomic E-state index is 13.0. The van der Waals surface area contributed by atoms with Crippen LogP contribution in [0, 0.1) is 11.6 Å². The van der Waals surface area contributed by atoms with Crippen LogP contribution in [0.25, 0.3) is 0 Å². The molecule has 0 fully saturated rings. The van der Waals surface area contributed by atoms with E-state index in [1.54, 1.807) is 0 Å². The van der Waals surface area contributed by atoms with Crippen LogP contribution in [-0.2, 0) is 6.42 Å². The molecular formula is C15H16F2IN3. The molecule has 0 aliphatic heterocycles. The molecule has 0 heterocycles. The summed E-state index contributed by atoms with van der Waals surface area (Å²) in [5, 5.41) is 2.93. The molecule has 112 valence electrons. The van der Waals surface area contributed by atoms with E-state index in [0.717, 1.165) is 11.8 Å². The van der Waals surface area contributed by atoms with Crippen LogP contribution in [0.4, 0.5) is 14.5 Å². The lowest BCUT2D eigenvalue weighted by atomic mass is 10.1. The Hall–Kier alpha value is -1.70. The standard InChI is InChI=1S/C15H15F2N3.HI/c16-12-8-11(9-13(17)10-12)6-7-19-15(18)20-14-4-2-1-3-5-14;/h1-5,8-10H,6-7H2,(H3,18,19,20);1H. The molecule has 3 nitrogen and oxygen atoms in total. The highest BCUT2D eigenvalue weighted by atomic mass is 127. The van der Waals surface area contributed by atoms with Gasteiger partial charge in [-0.25, -0.2) is 8.78 Å². The van der Waals surface area contributed by atoms with Gasteiger partial charge in [-0.15, -0.1) is 24.0 Å². The smallest absolute Gasteiger partial charge is 0.193 e. The number of guanidine groups is 1. The third kappa shape index (κ3) is 6.07. The molecule has 21 heavy (non-hydrogen) atoms. The minimum Gasteiger partial charge on any atom is -0.370 e. The van der Waals surface area contributed by atoms with Crippen LogP contribution < -0.4 is 11.1 Å². The highest BCUT2D eigenvalue weighted by Crippen LogP contribution is 2.09. The van der Waals surface area contributed by atoms with E-state index >= 15 is 0 Å². The average Bonchev–Trinajstić information content (AvgIpc) is 2.38. The molecule has 0 atom stereocenters. The molecule has 0 radical (unpaired) electrons. The number of rotatable bonds is 4. The second-order valence-corrected chi connectivity index (χ2v) is 4.29. The summed E-state index contributed by atoms with van der Waals surface area (Å²) in [5.74, 6) is -0.896. The minimum absolute atomic E-state index is 0. The fraction of sp³-hybridized carbons (Fsp3) is 0.133. The summed E-state index contributed by atoms with van der Waals surface area (Å²) < 4.78 is 26.0. The summed E-state index contributed by atoms with van der Waals surface area (Å²) in [5.41, 5.74) is 7.11. The fourth-order valence-electron chi connectivity index (χ4n) is 1.77. The lowest BCUT2D eigenvalue weighted by Gasteiger charge is -2.05. The van der Waals surface area contributed by atoms with Crippen LogP contribution in [-0.4, -0.2) is 12.5 Å². The number of nitrogens with one attached hydrogen (secondary N) is 1. The van der Waals surface area contributed by atoms with Gasteiger partial charge in [0.2, 0.25) is 0 Å². The van der Waals surface area contributed by atoms with Gasteiger partial charge in [-0.1, -0.05) is 18.2 Å². The SMILES string of the molecule is I.NC(=NCCc1cc(F)cc(F)c1)Nc1ccccc1. The van der Waals surface area contributed by atoms with E-state index in [-0.39, 0.29) is 29.9 Å². The summed E-state index contributed by atoms with van der Waals surface area (Å²) in [6, 6.07) is 12.8. The number of nitrogens with two attached hydrogens (primary N) is 1. The Morgan fingerprint density at radius 1 is 1.05 bits per heavy atom. The van der Waals surface area contributed by atoms with Gasteiger partial charge in [0.1, 0.15) is 11.6 Å². The average molecular weight is 403 g/mol. The van der Waals surface area contributed by atoms with Crippen molar-refractivity contribution in [1.29, 1.82) is 0 Å². The molecule has 0 aliphatic rings. The van der Waals surface area contributed by atoms with Crippen molar-refractivity contribution in [3.63, 3.8) is 0 Å². The van der Waals surface area contributed by atoms with Crippen LogP contribution in [0.1, 0.15) is 5.56 Å². The van der Waals surface area contributed by atoms with E-state index in [4.69, 9.17) is 5.73 Å². The van der Waals surface area contributed by atoms with E-state index in [1.165, 1.54) is 12.1 Å². The summed E-state index contributed by atoms with van der Waals surface area (Å²) >= 11 is 0. The van der Waals surface area contributed by atoms with E-state index in [0.29, 0.717) is 18.5 Å². The van der Waals surface area contributed by atoms with Crippen molar-refractivity contribution in [3.8, 4) is 0 Å². The quantitative estimate of drug-likeness (QED) is 0.466. The highest BCUT2D eigenvalue weighted by Gasteiger charge is 2.00. The molecule has 0 aliphatic carbocycles. The molecule has 0 aromatic heterocycles. The molecule has 0 amide bonds. The number of nitrogens with zero attached hydrogens (tertiary/aromatic N) is 1. The second kappa shape index (κ2) is 8.56. The van der Waals surface area contributed by atoms with Crippen LogP contribution >= 0.6 is 24.0 Å². The third-order valence-corrected chi connectivity index (χ3v) is 2.65. The zero-order valence-corrected chi connectivity index (χ0v) is 13.6. The topological polar surface area (TPSA) is 50.4 Å². The number of hydrogen-bond donors (Lipinski definition) is 2. The minimum atomic E-state index is -0.584. The number of hydrogen-bond acceptors (Lipinski definition) is 1. The second-order valence-electron chi connectivity index (χ2n) is 4.29. The van der Waals surface area contributed by atoms with Gasteiger partial charge < -0.3 is 11.1 Å². The van der Waals surface area contributed by atoms with Gasteiger partial charge in [-0.05, 0) is 36.2 Å². The van der Waals surface area contributed by atoms with Crippen LogP contribution in [0.5, 0.6) is 0 Å². The molecule has 3 N–H and O–H groups in total. The molecule has 6 heteroatoms. The number of benzene rings is 2. The summed E-state index contributed by atoms with van der Waals surface area (Å²) in [6.45, 7) is 0.356. The van der Waals surface area contributed by atoms with Gasteiger partial charge in [0.05, 0.1) is 0 Å². The Morgan fingerprint density at radius 3 is 2.29 bits per heavy atom.